The lowest BCUT2D eigenvalue weighted by Gasteiger charge is -2.68. The summed E-state index contributed by atoms with van der Waals surface area (Å²) >= 11 is 0. The maximum absolute atomic E-state index is 16.5. The Morgan fingerprint density at radius 1 is 0.893 bits per heavy atom. The summed E-state index contributed by atoms with van der Waals surface area (Å²) < 4.78 is 51.7. The SMILES string of the molecule is CC[Si](CC)(CC)O[C@H]1C[C@H]2OC[C@@]2(OC(=O)OC)C2[C@H](OC(=O)C=C(C)C)[C@]3(O)C[C@H](OC(=O)[C@H](O[Si](C)(C)C(C)(C)C)[C@@H](NC(=O)c4ccccc4)c4ccccc4)C(C)=C([C@@H](OC(C)=O)C(=O)[C@@]21C)C3(C)C. The minimum Gasteiger partial charge on any atom is -0.456 e. The molecule has 412 valence electrons. The lowest BCUT2D eigenvalue weighted by molar-refractivity contribution is -0.344. The van der Waals surface area contributed by atoms with E-state index in [-0.39, 0.29) is 18.6 Å². The van der Waals surface area contributed by atoms with E-state index in [9.17, 15) is 24.3 Å². The number of allylic oxidation sites excluding steroid dienone is 1. The highest BCUT2D eigenvalue weighted by molar-refractivity contribution is 6.74. The lowest BCUT2D eigenvalue weighted by Crippen LogP contribution is -2.82. The van der Waals surface area contributed by atoms with Crippen molar-refractivity contribution in [1.82, 2.24) is 5.32 Å². The second kappa shape index (κ2) is 22.2. The van der Waals surface area contributed by atoms with Crippen LogP contribution in [0.3, 0.4) is 0 Å². The van der Waals surface area contributed by atoms with Crippen molar-refractivity contribution in [2.75, 3.05) is 13.7 Å². The monoisotopic (exact) mass is 1080 g/mol. The smallest absolute Gasteiger partial charge is 0.456 e. The van der Waals surface area contributed by atoms with Gasteiger partial charge in [-0.15, -0.1) is 0 Å². The van der Waals surface area contributed by atoms with Gasteiger partial charge in [0, 0.05) is 36.8 Å². The fourth-order valence-corrected chi connectivity index (χ4v) is 16.0. The molecular weight excluding hydrogens is 995 g/mol. The molecule has 16 nitrogen and oxygen atoms in total. The molecule has 2 N–H and O–H groups in total. The molecule has 3 fully saturated rings. The second-order valence-corrected chi connectivity index (χ2v) is 32.9. The van der Waals surface area contributed by atoms with E-state index in [2.05, 4.69) is 5.32 Å². The maximum atomic E-state index is 16.5. The molecule has 4 aliphatic rings. The number of methoxy groups -OCH3 is 1. The van der Waals surface area contributed by atoms with E-state index in [0.717, 1.165) is 7.11 Å². The minimum atomic E-state index is -2.94. The van der Waals surface area contributed by atoms with Gasteiger partial charge in [0.2, 0.25) is 0 Å². The number of ether oxygens (including phenoxy) is 6. The van der Waals surface area contributed by atoms with Crippen LogP contribution < -0.4 is 5.32 Å². The van der Waals surface area contributed by atoms with Crippen LogP contribution in [0.2, 0.25) is 36.3 Å². The van der Waals surface area contributed by atoms with Gasteiger partial charge in [-0.05, 0) is 92.8 Å². The Hall–Kier alpha value is -4.99. The standard InChI is InChI=1S/C57H81NO15Si2/c1-17-75(18-2,19-3)72-40-31-41-56(33-67-41,71-52(64)66-14)47-49(70-42(60)30-34(4)5)57(65)32-39(35(6)43(54(57,11)12)45(68-36(7)59)48(61)55(40,47)13)69-51(63)46(73-74(15,16)53(8,9)10)44(37-26-22-20-23-27-37)58-50(62)38-28-24-21-25-29-38/h20-30,39-41,44-47,49,65H,17-19,31-33H2,1-16H3,(H,58,62)/t39-,40-,41+,44-,45+,46+,47?,49-,55+,56-,57+/m0/s1. The van der Waals surface area contributed by atoms with Crippen molar-refractivity contribution in [3.05, 3.63) is 94.6 Å². The molecule has 6 rings (SSSR count). The van der Waals surface area contributed by atoms with Gasteiger partial charge in [-0.2, -0.15) is 0 Å². The van der Waals surface area contributed by atoms with Crippen molar-refractivity contribution in [1.29, 1.82) is 0 Å². The molecule has 2 bridgehead atoms. The van der Waals surface area contributed by atoms with Gasteiger partial charge < -0.3 is 47.7 Å². The number of carbonyl (C=O) groups is 6. The number of aliphatic hydroxyl groups is 1. The van der Waals surface area contributed by atoms with Gasteiger partial charge in [0.15, 0.2) is 40.2 Å². The molecule has 0 aromatic heterocycles. The van der Waals surface area contributed by atoms with Gasteiger partial charge in [-0.3, -0.25) is 14.4 Å². The molecule has 1 amide bonds. The summed E-state index contributed by atoms with van der Waals surface area (Å²) in [5.74, 6) is -5.21. The van der Waals surface area contributed by atoms with Crippen molar-refractivity contribution >= 4 is 52.4 Å². The topological polar surface area (TPSA) is 209 Å². The fraction of sp³-hybridized carbons (Fsp3) is 0.614. The number of esters is 3. The second-order valence-electron chi connectivity index (χ2n) is 23.4. The Labute approximate surface area is 445 Å². The Bertz CT molecular complexity index is 2520. The zero-order chi connectivity index (χ0) is 55.9. The fourth-order valence-electron chi connectivity index (χ4n) is 11.8. The van der Waals surface area contributed by atoms with Crippen LogP contribution in [0.1, 0.15) is 125 Å². The number of fused-ring (bicyclic) bond motifs is 5. The number of rotatable bonds is 17. The van der Waals surface area contributed by atoms with E-state index >= 15 is 9.59 Å². The third-order valence-corrected chi connectivity index (χ3v) is 26.6. The van der Waals surface area contributed by atoms with E-state index in [0.29, 0.717) is 40.4 Å². The van der Waals surface area contributed by atoms with Crippen molar-refractivity contribution in [3.8, 4) is 0 Å². The van der Waals surface area contributed by atoms with Gasteiger partial charge in [-0.1, -0.05) is 109 Å². The highest BCUT2D eigenvalue weighted by Crippen LogP contribution is 2.65. The van der Waals surface area contributed by atoms with Gasteiger partial charge in [0.25, 0.3) is 5.91 Å². The molecule has 0 spiro atoms. The van der Waals surface area contributed by atoms with E-state index in [1.807, 2.05) is 60.7 Å². The highest BCUT2D eigenvalue weighted by atomic mass is 28.4. The zero-order valence-electron chi connectivity index (χ0n) is 46.9. The van der Waals surface area contributed by atoms with Crippen LogP contribution in [0.5, 0.6) is 0 Å². The van der Waals surface area contributed by atoms with Crippen molar-refractivity contribution in [3.63, 3.8) is 0 Å². The first-order chi connectivity index (χ1) is 34.9. The van der Waals surface area contributed by atoms with Crippen LogP contribution in [0.4, 0.5) is 4.79 Å². The summed E-state index contributed by atoms with van der Waals surface area (Å²) in [6.07, 6.45) is -8.61. The largest absolute Gasteiger partial charge is 0.508 e. The van der Waals surface area contributed by atoms with Crippen LogP contribution in [0, 0.1) is 16.7 Å². The van der Waals surface area contributed by atoms with E-state index in [1.165, 1.54) is 13.0 Å². The zero-order valence-corrected chi connectivity index (χ0v) is 48.9. The first-order valence-corrected chi connectivity index (χ1v) is 31.7. The minimum absolute atomic E-state index is 0.0466. The molecule has 2 aromatic carbocycles. The predicted octanol–water partition coefficient (Wildman–Crippen LogP) is 9.67. The van der Waals surface area contributed by atoms with Gasteiger partial charge in [-0.25, -0.2) is 14.4 Å². The molecule has 2 saturated carbocycles. The Morgan fingerprint density at radius 3 is 1.99 bits per heavy atom. The van der Waals surface area contributed by atoms with E-state index < -0.39 is 134 Å². The number of amides is 1. The third kappa shape index (κ3) is 11.0. The van der Waals surface area contributed by atoms with Gasteiger partial charge in [0.05, 0.1) is 37.2 Å². The lowest BCUT2D eigenvalue weighted by atomic mass is 9.44. The van der Waals surface area contributed by atoms with Crippen molar-refractivity contribution in [2.45, 2.75) is 193 Å². The summed E-state index contributed by atoms with van der Waals surface area (Å²) in [4.78, 5) is 88.0. The number of benzene rings is 2. The molecule has 18 heteroatoms. The summed E-state index contributed by atoms with van der Waals surface area (Å²) in [5.41, 5.74) is -5.78. The number of hydrogen-bond acceptors (Lipinski definition) is 15. The van der Waals surface area contributed by atoms with Crippen LogP contribution in [0.25, 0.3) is 0 Å². The maximum Gasteiger partial charge on any atom is 0.508 e. The number of nitrogens with one attached hydrogen (secondary N) is 1. The third-order valence-electron chi connectivity index (χ3n) is 17.5. The van der Waals surface area contributed by atoms with E-state index in [4.69, 9.17) is 37.3 Å². The first kappa shape index (κ1) is 59.3. The van der Waals surface area contributed by atoms with Crippen LogP contribution in [-0.4, -0.2) is 119 Å². The molecule has 11 atom stereocenters. The quantitative estimate of drug-likeness (QED) is 0.0497. The summed E-state index contributed by atoms with van der Waals surface area (Å²) in [6, 6.07) is 18.4. The molecule has 3 aliphatic carbocycles. The number of carbonyl (C=O) groups excluding carboxylic acids is 6. The number of Topliss-reactive ketones (excluding diaryl/α,β-unsaturated/α-hetero) is 1. The number of ketones is 1. The average Bonchev–Trinajstić information content (AvgIpc) is 3.34. The highest BCUT2D eigenvalue weighted by Gasteiger charge is 2.79. The van der Waals surface area contributed by atoms with Crippen molar-refractivity contribution in [2.24, 2.45) is 16.7 Å². The average molecular weight is 1080 g/mol. The summed E-state index contributed by atoms with van der Waals surface area (Å²) in [5, 5.41) is 17.0. The van der Waals surface area contributed by atoms with Crippen molar-refractivity contribution < 1.29 is 71.1 Å². The molecule has 1 heterocycles. The first-order valence-electron chi connectivity index (χ1n) is 26.3. The van der Waals surface area contributed by atoms with Crippen LogP contribution in [-0.2, 0) is 56.5 Å². The Morgan fingerprint density at radius 2 is 1.48 bits per heavy atom. The summed E-state index contributed by atoms with van der Waals surface area (Å²) in [6.45, 7) is 27.1. The Balaban J connectivity index is 1.65. The summed E-state index contributed by atoms with van der Waals surface area (Å²) in [7, 11) is -4.46. The molecule has 0 radical (unpaired) electrons. The Kier molecular flexibility index (Phi) is 17.5. The molecule has 1 saturated heterocycles. The predicted molar refractivity (Wildman–Crippen MR) is 285 cm³/mol. The molecular formula is C57H81NO15Si2. The molecule has 1 aliphatic heterocycles. The molecule has 2 aromatic rings. The number of hydrogen-bond donors (Lipinski definition) is 2. The van der Waals surface area contributed by atoms with Crippen LogP contribution in [0.15, 0.2) is 83.5 Å². The molecule has 1 unspecified atom stereocenters. The molecule has 75 heavy (non-hydrogen) atoms. The normalized spacial score (nSPS) is 29.1. The van der Waals surface area contributed by atoms with Crippen LogP contribution >= 0.6 is 0 Å². The van der Waals surface area contributed by atoms with E-state index in [1.54, 1.807) is 96.1 Å². The van der Waals surface area contributed by atoms with Gasteiger partial charge >= 0.3 is 24.1 Å². The van der Waals surface area contributed by atoms with Gasteiger partial charge in [0.1, 0.15) is 23.9 Å².